The Morgan fingerprint density at radius 2 is 1.81 bits per heavy atom. The molecule has 0 aliphatic carbocycles. The number of aryl methyl sites for hydroxylation is 2. The molecule has 0 aromatic carbocycles. The van der Waals surface area contributed by atoms with Crippen molar-refractivity contribution in [2.75, 3.05) is 13.2 Å². The molecule has 0 spiro atoms. The minimum Gasteiger partial charge on any atom is -0.395 e. The van der Waals surface area contributed by atoms with Crippen LogP contribution in [0.25, 0.3) is 5.82 Å². The highest BCUT2D eigenvalue weighted by molar-refractivity contribution is 5.33. The fourth-order valence-electron chi connectivity index (χ4n) is 2.41. The second-order valence-electron chi connectivity index (χ2n) is 5.79. The van der Waals surface area contributed by atoms with Crippen LogP contribution in [0.15, 0.2) is 30.5 Å². The zero-order valence-corrected chi connectivity index (χ0v) is 13.3. The zero-order valence-electron chi connectivity index (χ0n) is 13.3. The minimum atomic E-state index is 0.129. The lowest BCUT2D eigenvalue weighted by Gasteiger charge is -2.17. The van der Waals surface area contributed by atoms with Crippen LogP contribution in [-0.2, 0) is 0 Å². The van der Waals surface area contributed by atoms with Gasteiger partial charge in [0.15, 0.2) is 0 Å². The maximum atomic E-state index is 9.03. The summed E-state index contributed by atoms with van der Waals surface area (Å²) in [5, 5.41) is 12.3. The number of rotatable bonds is 6. The van der Waals surface area contributed by atoms with Crippen molar-refractivity contribution in [1.29, 1.82) is 0 Å². The predicted molar refractivity (Wildman–Crippen MR) is 86.0 cm³/mol. The molecule has 1 unspecified atom stereocenters. The van der Waals surface area contributed by atoms with Crippen molar-refractivity contribution < 1.29 is 5.11 Å². The lowest BCUT2D eigenvalue weighted by molar-refractivity contribution is 0.250. The Labute approximate surface area is 126 Å². The molecule has 2 aromatic rings. The fourth-order valence-corrected chi connectivity index (χ4v) is 2.41. The molecular formula is C17H25N3O. The normalized spacial score (nSPS) is 14.1. The molecule has 2 atom stereocenters. The molecule has 0 aliphatic rings. The van der Waals surface area contributed by atoms with Crippen LogP contribution in [0.2, 0.25) is 0 Å². The van der Waals surface area contributed by atoms with Crippen molar-refractivity contribution >= 4 is 0 Å². The fraction of sp³-hybridized carbons (Fsp3) is 0.471. The molecule has 4 nitrogen and oxygen atoms in total. The largest absolute Gasteiger partial charge is 0.395 e. The molecule has 2 rings (SSSR count). The Morgan fingerprint density at radius 1 is 1.14 bits per heavy atom. The van der Waals surface area contributed by atoms with Gasteiger partial charge in [-0.25, -0.2) is 4.98 Å². The third-order valence-electron chi connectivity index (χ3n) is 3.89. The lowest BCUT2D eigenvalue weighted by atomic mass is 10.0. The Hall–Kier alpha value is -1.65. The van der Waals surface area contributed by atoms with Crippen LogP contribution in [0.3, 0.4) is 0 Å². The third-order valence-corrected chi connectivity index (χ3v) is 3.89. The van der Waals surface area contributed by atoms with E-state index in [2.05, 4.69) is 59.9 Å². The average Bonchev–Trinajstić information content (AvgIpc) is 2.83. The first-order valence-corrected chi connectivity index (χ1v) is 7.48. The molecule has 0 fully saturated rings. The van der Waals surface area contributed by atoms with E-state index in [0.717, 1.165) is 12.4 Å². The Kier molecular flexibility index (Phi) is 5.15. The van der Waals surface area contributed by atoms with Gasteiger partial charge >= 0.3 is 0 Å². The summed E-state index contributed by atoms with van der Waals surface area (Å²) in [5.74, 6) is 1.33. The summed E-state index contributed by atoms with van der Waals surface area (Å²) in [4.78, 5) is 4.60. The number of hydrogen-bond acceptors (Lipinski definition) is 3. The van der Waals surface area contributed by atoms with Crippen molar-refractivity contribution in [1.82, 2.24) is 14.9 Å². The van der Waals surface area contributed by atoms with Crippen LogP contribution >= 0.6 is 0 Å². The van der Waals surface area contributed by atoms with Crippen molar-refractivity contribution in [3.05, 3.63) is 47.4 Å². The summed E-state index contributed by atoms with van der Waals surface area (Å²) in [6.07, 6.45) is 1.95. The molecule has 4 heteroatoms. The van der Waals surface area contributed by atoms with Gasteiger partial charge in [0, 0.05) is 30.2 Å². The average molecular weight is 287 g/mol. The number of hydrogen-bond donors (Lipinski definition) is 2. The van der Waals surface area contributed by atoms with Gasteiger partial charge < -0.3 is 15.0 Å². The summed E-state index contributed by atoms with van der Waals surface area (Å²) in [6.45, 7) is 9.32. The number of pyridine rings is 1. The van der Waals surface area contributed by atoms with Crippen LogP contribution in [0.4, 0.5) is 0 Å². The van der Waals surface area contributed by atoms with E-state index in [9.17, 15) is 0 Å². The molecule has 0 aliphatic heterocycles. The molecule has 0 amide bonds. The molecule has 0 radical (unpaired) electrons. The Morgan fingerprint density at radius 3 is 2.33 bits per heavy atom. The van der Waals surface area contributed by atoms with Crippen molar-refractivity contribution in [2.24, 2.45) is 0 Å². The highest BCUT2D eigenvalue weighted by Crippen LogP contribution is 2.18. The maximum Gasteiger partial charge on any atom is 0.136 e. The molecule has 2 heterocycles. The molecule has 21 heavy (non-hydrogen) atoms. The quantitative estimate of drug-likeness (QED) is 0.858. The van der Waals surface area contributed by atoms with E-state index in [0.29, 0.717) is 5.92 Å². The number of nitrogens with zero attached hydrogens (tertiary/aromatic N) is 2. The van der Waals surface area contributed by atoms with Crippen molar-refractivity contribution in [3.63, 3.8) is 0 Å². The van der Waals surface area contributed by atoms with E-state index in [-0.39, 0.29) is 12.6 Å². The van der Waals surface area contributed by atoms with Gasteiger partial charge in [0.05, 0.1) is 6.61 Å². The summed E-state index contributed by atoms with van der Waals surface area (Å²) in [6, 6.07) is 8.55. The minimum absolute atomic E-state index is 0.129. The van der Waals surface area contributed by atoms with Crippen LogP contribution in [0, 0.1) is 13.8 Å². The zero-order chi connectivity index (χ0) is 15.4. The van der Waals surface area contributed by atoms with Crippen LogP contribution in [-0.4, -0.2) is 33.9 Å². The van der Waals surface area contributed by atoms with Crippen molar-refractivity contribution in [2.45, 2.75) is 39.7 Å². The first kappa shape index (κ1) is 15.7. The Balaban J connectivity index is 2.08. The second-order valence-corrected chi connectivity index (χ2v) is 5.79. The van der Waals surface area contributed by atoms with Crippen LogP contribution in [0.5, 0.6) is 0 Å². The van der Waals surface area contributed by atoms with Gasteiger partial charge in [0.2, 0.25) is 0 Å². The predicted octanol–water partition coefficient (Wildman–Crippen LogP) is 2.56. The highest BCUT2D eigenvalue weighted by atomic mass is 16.3. The molecular weight excluding hydrogens is 262 g/mol. The van der Waals surface area contributed by atoms with E-state index in [1.165, 1.54) is 17.0 Å². The third kappa shape index (κ3) is 3.71. The Bertz CT molecular complexity index is 555. The molecule has 0 saturated carbocycles. The van der Waals surface area contributed by atoms with Gasteiger partial charge in [0.25, 0.3) is 0 Å². The molecule has 2 aromatic heterocycles. The van der Waals surface area contributed by atoms with E-state index >= 15 is 0 Å². The lowest BCUT2D eigenvalue weighted by Crippen LogP contribution is -2.32. The van der Waals surface area contributed by atoms with E-state index in [1.807, 2.05) is 13.1 Å². The van der Waals surface area contributed by atoms with Gasteiger partial charge in [-0.3, -0.25) is 0 Å². The molecule has 2 N–H and O–H groups in total. The first-order chi connectivity index (χ1) is 10.0. The maximum absolute atomic E-state index is 9.03. The number of aliphatic hydroxyl groups excluding tert-OH is 1. The van der Waals surface area contributed by atoms with Gasteiger partial charge in [-0.1, -0.05) is 13.0 Å². The summed E-state index contributed by atoms with van der Waals surface area (Å²) in [5.41, 5.74) is 3.59. The van der Waals surface area contributed by atoms with E-state index < -0.39 is 0 Å². The molecule has 0 bridgehead atoms. The molecule has 114 valence electrons. The summed E-state index contributed by atoms with van der Waals surface area (Å²) < 4.78 is 2.15. The number of aliphatic hydroxyl groups is 1. The standard InChI is InChI=1S/C17H25N3O/c1-12(9-18-13(2)11-21)16-7-8-17(19-10-16)20-14(3)5-6-15(20)4/h5-8,10,12-13,18,21H,9,11H2,1-4H3/t12?,13-/m0/s1. The van der Waals surface area contributed by atoms with Gasteiger partial charge in [-0.05, 0) is 50.5 Å². The van der Waals surface area contributed by atoms with Crippen molar-refractivity contribution in [3.8, 4) is 5.82 Å². The summed E-state index contributed by atoms with van der Waals surface area (Å²) in [7, 11) is 0. The number of nitrogens with one attached hydrogen (secondary N) is 1. The topological polar surface area (TPSA) is 50.1 Å². The molecule has 0 saturated heterocycles. The SMILES string of the molecule is Cc1ccc(C)n1-c1ccc(C(C)CN[C@@H](C)CO)cn1. The highest BCUT2D eigenvalue weighted by Gasteiger charge is 2.09. The smallest absolute Gasteiger partial charge is 0.136 e. The number of aromatic nitrogens is 2. The van der Waals surface area contributed by atoms with Crippen LogP contribution in [0.1, 0.15) is 36.7 Å². The van der Waals surface area contributed by atoms with E-state index in [1.54, 1.807) is 0 Å². The van der Waals surface area contributed by atoms with Gasteiger partial charge in [0.1, 0.15) is 5.82 Å². The van der Waals surface area contributed by atoms with Crippen LogP contribution < -0.4 is 5.32 Å². The first-order valence-electron chi connectivity index (χ1n) is 7.48. The van der Waals surface area contributed by atoms with Gasteiger partial charge in [-0.15, -0.1) is 0 Å². The summed E-state index contributed by atoms with van der Waals surface area (Å²) >= 11 is 0. The second kappa shape index (κ2) is 6.87. The van der Waals surface area contributed by atoms with Gasteiger partial charge in [-0.2, -0.15) is 0 Å². The monoisotopic (exact) mass is 287 g/mol. The van der Waals surface area contributed by atoms with E-state index in [4.69, 9.17) is 5.11 Å².